The van der Waals surface area contributed by atoms with Crippen LogP contribution in [0.25, 0.3) is 5.57 Å². The summed E-state index contributed by atoms with van der Waals surface area (Å²) in [6.45, 7) is 4.45. The Labute approximate surface area is 273 Å². The third-order valence-electron chi connectivity index (χ3n) is 8.77. The van der Waals surface area contributed by atoms with E-state index in [1.54, 1.807) is 24.3 Å². The zero-order valence-electron chi connectivity index (χ0n) is 25.4. The summed E-state index contributed by atoms with van der Waals surface area (Å²) in [5, 5.41) is 23.9. The molecule has 0 saturated carbocycles. The van der Waals surface area contributed by atoms with Gasteiger partial charge in [-0.1, -0.05) is 84.4 Å². The maximum absolute atomic E-state index is 11.9. The number of hydrogen-bond acceptors (Lipinski definition) is 8. The SMILES string of the molecule is C[C@H]1C(c2ccccc2)=CC=CC1(COc1cc(OCc2cccc(C#N)c2)c(C=O)cc1Cl)c1cc(CN2CCC(O)C2)no1. The average Bonchev–Trinajstić information content (AvgIpc) is 3.73. The molecule has 0 amide bonds. The third kappa shape index (κ3) is 6.63. The van der Waals surface area contributed by atoms with Crippen LogP contribution in [-0.2, 0) is 18.6 Å². The largest absolute Gasteiger partial charge is 0.490 e. The van der Waals surface area contributed by atoms with Gasteiger partial charge in [0.2, 0.25) is 0 Å². The predicted octanol–water partition coefficient (Wildman–Crippen LogP) is 6.76. The number of hydrogen-bond donors (Lipinski definition) is 1. The number of likely N-dealkylation sites (tertiary alicyclic amines) is 1. The summed E-state index contributed by atoms with van der Waals surface area (Å²) in [5.74, 6) is 1.25. The van der Waals surface area contributed by atoms with E-state index < -0.39 is 5.41 Å². The van der Waals surface area contributed by atoms with Gasteiger partial charge in [0.1, 0.15) is 24.7 Å². The van der Waals surface area contributed by atoms with E-state index in [9.17, 15) is 15.2 Å². The van der Waals surface area contributed by atoms with Crippen LogP contribution in [0.15, 0.2) is 95.5 Å². The Bertz CT molecular complexity index is 1810. The first kappa shape index (κ1) is 31.3. The Kier molecular flexibility index (Phi) is 9.36. The zero-order valence-corrected chi connectivity index (χ0v) is 26.2. The summed E-state index contributed by atoms with van der Waals surface area (Å²) in [5.41, 5.74) is 3.85. The van der Waals surface area contributed by atoms with Crippen molar-refractivity contribution in [1.82, 2.24) is 10.1 Å². The van der Waals surface area contributed by atoms with Gasteiger partial charge in [0, 0.05) is 37.7 Å². The highest BCUT2D eigenvalue weighted by Crippen LogP contribution is 2.45. The topological polar surface area (TPSA) is 109 Å². The molecule has 0 radical (unpaired) electrons. The van der Waals surface area contributed by atoms with E-state index in [0.29, 0.717) is 42.2 Å². The van der Waals surface area contributed by atoms with Crippen LogP contribution >= 0.6 is 11.6 Å². The van der Waals surface area contributed by atoms with Gasteiger partial charge in [-0.2, -0.15) is 5.26 Å². The molecule has 1 aromatic heterocycles. The fraction of sp³-hybridized carbons (Fsp3) is 0.270. The van der Waals surface area contributed by atoms with E-state index >= 15 is 0 Å². The summed E-state index contributed by atoms with van der Waals surface area (Å²) in [6, 6.07) is 24.6. The Hall–Kier alpha value is -4.68. The molecule has 3 aromatic carbocycles. The van der Waals surface area contributed by atoms with E-state index in [1.807, 2.05) is 36.4 Å². The summed E-state index contributed by atoms with van der Waals surface area (Å²) < 4.78 is 18.6. The second-order valence-corrected chi connectivity index (χ2v) is 12.2. The number of β-amino-alcohol motifs (C(OH)–C–C–N with tert-alkyl or cyclic N) is 1. The number of halogens is 1. The number of allylic oxidation sites excluding steroid dienone is 3. The number of carbonyl (C=O) groups is 1. The minimum atomic E-state index is -0.749. The van der Waals surface area contributed by atoms with Crippen molar-refractivity contribution in [2.75, 3.05) is 19.7 Å². The van der Waals surface area contributed by atoms with Gasteiger partial charge in [0.05, 0.1) is 39.4 Å². The molecule has 1 saturated heterocycles. The van der Waals surface area contributed by atoms with Crippen molar-refractivity contribution in [2.24, 2.45) is 5.92 Å². The van der Waals surface area contributed by atoms with Crippen LogP contribution in [-0.4, -0.2) is 47.2 Å². The van der Waals surface area contributed by atoms with Crippen molar-refractivity contribution >= 4 is 23.5 Å². The molecule has 6 rings (SSSR count). The Morgan fingerprint density at radius 2 is 1.98 bits per heavy atom. The molecule has 4 aromatic rings. The number of carbonyl (C=O) groups excluding carboxylic acids is 1. The van der Waals surface area contributed by atoms with Crippen molar-refractivity contribution < 1.29 is 23.9 Å². The van der Waals surface area contributed by atoms with E-state index in [4.69, 9.17) is 25.6 Å². The van der Waals surface area contributed by atoms with Crippen molar-refractivity contribution in [3.63, 3.8) is 0 Å². The van der Waals surface area contributed by atoms with E-state index in [2.05, 4.69) is 47.3 Å². The minimum Gasteiger partial charge on any atom is -0.490 e. The summed E-state index contributed by atoms with van der Waals surface area (Å²) in [7, 11) is 0. The number of nitriles is 1. The van der Waals surface area contributed by atoms with Crippen LogP contribution in [0.5, 0.6) is 11.5 Å². The molecule has 2 unspecified atom stereocenters. The number of aliphatic hydroxyl groups is 1. The molecule has 0 bridgehead atoms. The molecule has 1 fully saturated rings. The molecule has 2 heterocycles. The molecule has 9 heteroatoms. The van der Waals surface area contributed by atoms with Crippen LogP contribution < -0.4 is 9.47 Å². The molecule has 3 atom stereocenters. The molecule has 1 N–H and O–H groups in total. The van der Waals surface area contributed by atoms with Gasteiger partial charge >= 0.3 is 0 Å². The highest BCUT2D eigenvalue weighted by molar-refractivity contribution is 6.32. The molecule has 46 heavy (non-hydrogen) atoms. The third-order valence-corrected chi connectivity index (χ3v) is 9.07. The molecule has 2 aliphatic rings. The van der Waals surface area contributed by atoms with Gasteiger partial charge in [-0.3, -0.25) is 9.69 Å². The number of aldehydes is 1. The van der Waals surface area contributed by atoms with Crippen molar-refractivity contribution in [3.05, 3.63) is 130 Å². The van der Waals surface area contributed by atoms with Crippen LogP contribution in [0.1, 0.15) is 51.8 Å². The Balaban J connectivity index is 1.29. The molecule has 1 aliphatic carbocycles. The Morgan fingerprint density at radius 3 is 2.74 bits per heavy atom. The van der Waals surface area contributed by atoms with Crippen LogP contribution in [0.3, 0.4) is 0 Å². The highest BCUT2D eigenvalue weighted by atomic mass is 35.5. The van der Waals surface area contributed by atoms with Crippen molar-refractivity contribution in [2.45, 2.75) is 38.0 Å². The van der Waals surface area contributed by atoms with Crippen LogP contribution in [0, 0.1) is 17.2 Å². The summed E-state index contributed by atoms with van der Waals surface area (Å²) in [6.07, 6.45) is 7.33. The van der Waals surface area contributed by atoms with Gasteiger partial charge in [-0.05, 0) is 41.3 Å². The molecule has 1 aliphatic heterocycles. The number of nitrogens with zero attached hydrogens (tertiary/aromatic N) is 3. The van der Waals surface area contributed by atoms with Crippen molar-refractivity contribution in [1.29, 1.82) is 5.26 Å². The first-order valence-electron chi connectivity index (χ1n) is 15.2. The summed E-state index contributed by atoms with van der Waals surface area (Å²) >= 11 is 6.65. The van der Waals surface area contributed by atoms with E-state index in [-0.39, 0.29) is 35.8 Å². The predicted molar refractivity (Wildman–Crippen MR) is 175 cm³/mol. The fourth-order valence-electron chi connectivity index (χ4n) is 6.16. The molecular weight excluding hydrogens is 602 g/mol. The maximum atomic E-state index is 11.9. The fourth-order valence-corrected chi connectivity index (χ4v) is 6.39. The monoisotopic (exact) mass is 635 g/mol. The zero-order chi connectivity index (χ0) is 32.1. The standard InChI is InChI=1S/C37H34ClN3O5/c1-25-32(28-9-3-2-4-10-28)11-6-13-37(25,36-17-30(40-46-36)20-41-14-12-31(43)21-41)24-45-35-18-34(29(22-42)16-33(35)38)44-23-27-8-5-7-26(15-27)19-39/h2-11,13,15-18,22,25,31,43H,12,14,20-21,23-24H2,1H3/t25-,31?,37?/m0/s1. The Morgan fingerprint density at radius 1 is 1.13 bits per heavy atom. The van der Waals surface area contributed by atoms with E-state index in [0.717, 1.165) is 35.4 Å². The molecular formula is C37H34ClN3O5. The van der Waals surface area contributed by atoms with Crippen molar-refractivity contribution in [3.8, 4) is 17.6 Å². The van der Waals surface area contributed by atoms with Crippen LogP contribution in [0.2, 0.25) is 5.02 Å². The average molecular weight is 636 g/mol. The van der Waals surface area contributed by atoms with Gasteiger partial charge in [0.15, 0.2) is 12.0 Å². The second-order valence-electron chi connectivity index (χ2n) is 11.8. The highest BCUT2D eigenvalue weighted by Gasteiger charge is 2.44. The number of aliphatic hydroxyl groups excluding tert-OH is 1. The maximum Gasteiger partial charge on any atom is 0.153 e. The lowest BCUT2D eigenvalue weighted by atomic mass is 9.67. The van der Waals surface area contributed by atoms with Crippen LogP contribution in [0.4, 0.5) is 0 Å². The van der Waals surface area contributed by atoms with E-state index in [1.165, 1.54) is 6.07 Å². The first-order chi connectivity index (χ1) is 22.4. The molecule has 0 spiro atoms. The number of benzene rings is 3. The number of ether oxygens (including phenoxy) is 2. The summed E-state index contributed by atoms with van der Waals surface area (Å²) in [4.78, 5) is 14.1. The van der Waals surface area contributed by atoms with Gasteiger partial charge in [0.25, 0.3) is 0 Å². The minimum absolute atomic E-state index is 0.0783. The number of rotatable bonds is 11. The smallest absolute Gasteiger partial charge is 0.153 e. The van der Waals surface area contributed by atoms with Gasteiger partial charge < -0.3 is 19.1 Å². The normalized spacial score (nSPS) is 21.0. The first-order valence-corrected chi connectivity index (χ1v) is 15.6. The van der Waals surface area contributed by atoms with Gasteiger partial charge in [-0.15, -0.1) is 0 Å². The molecule has 8 nitrogen and oxygen atoms in total. The molecule has 234 valence electrons. The quantitative estimate of drug-likeness (QED) is 0.180. The lowest BCUT2D eigenvalue weighted by molar-refractivity contribution is 0.111. The lowest BCUT2D eigenvalue weighted by Crippen LogP contribution is -2.39. The lowest BCUT2D eigenvalue weighted by Gasteiger charge is -2.38. The number of aromatic nitrogens is 1. The van der Waals surface area contributed by atoms with Gasteiger partial charge in [-0.25, -0.2) is 0 Å². The second kappa shape index (κ2) is 13.8.